The van der Waals surface area contributed by atoms with Gasteiger partial charge in [0, 0.05) is 13.1 Å². The van der Waals surface area contributed by atoms with Crippen LogP contribution in [0.25, 0.3) is 0 Å². The van der Waals surface area contributed by atoms with E-state index in [-0.39, 0.29) is 5.91 Å². The molecular formula is C20H21NO4. The highest BCUT2D eigenvalue weighted by molar-refractivity contribution is 5.99. The van der Waals surface area contributed by atoms with E-state index in [1.165, 1.54) is 0 Å². The smallest absolute Gasteiger partial charge is 0.318 e. The minimum absolute atomic E-state index is 0.159. The summed E-state index contributed by atoms with van der Waals surface area (Å²) in [5.74, 6) is 0.240. The maximum absolute atomic E-state index is 12.4. The van der Waals surface area contributed by atoms with Crippen LogP contribution in [-0.4, -0.2) is 29.9 Å². The van der Waals surface area contributed by atoms with E-state index in [9.17, 15) is 9.59 Å². The zero-order valence-electron chi connectivity index (χ0n) is 14.2. The highest BCUT2D eigenvalue weighted by atomic mass is 16.5. The molecule has 1 saturated heterocycles. The second kappa shape index (κ2) is 7.83. The molecule has 3 rings (SSSR count). The summed E-state index contributed by atoms with van der Waals surface area (Å²) in [4.78, 5) is 25.9. The van der Waals surface area contributed by atoms with Gasteiger partial charge in [-0.15, -0.1) is 0 Å². The quantitative estimate of drug-likeness (QED) is 0.598. The Balaban J connectivity index is 1.65. The average molecular weight is 339 g/mol. The molecule has 5 nitrogen and oxygen atoms in total. The monoisotopic (exact) mass is 339 g/mol. The number of hydrogen-bond acceptors (Lipinski definition) is 4. The molecule has 25 heavy (non-hydrogen) atoms. The second-order valence-corrected chi connectivity index (χ2v) is 5.92. The number of para-hydroxylation sites is 1. The highest BCUT2D eigenvalue weighted by Crippen LogP contribution is 2.25. The van der Waals surface area contributed by atoms with Gasteiger partial charge in [0.05, 0.1) is 6.61 Å². The lowest BCUT2D eigenvalue weighted by molar-refractivity contribution is -0.152. The van der Waals surface area contributed by atoms with Crippen LogP contribution < -0.4 is 4.74 Å². The predicted molar refractivity (Wildman–Crippen MR) is 93.1 cm³/mol. The summed E-state index contributed by atoms with van der Waals surface area (Å²) in [6.45, 7) is 3.06. The Morgan fingerprint density at radius 2 is 1.88 bits per heavy atom. The van der Waals surface area contributed by atoms with E-state index in [0.29, 0.717) is 26.1 Å². The summed E-state index contributed by atoms with van der Waals surface area (Å²) in [6.07, 6.45) is 0.512. The number of benzene rings is 2. The lowest BCUT2D eigenvalue weighted by Crippen LogP contribution is -2.30. The lowest BCUT2D eigenvalue weighted by Gasteiger charge is -2.17. The highest BCUT2D eigenvalue weighted by Gasteiger charge is 2.37. The van der Waals surface area contributed by atoms with E-state index < -0.39 is 11.9 Å². The number of rotatable bonds is 6. The van der Waals surface area contributed by atoms with Crippen LogP contribution in [0.2, 0.25) is 0 Å². The molecule has 1 unspecified atom stereocenters. The standard InChI is InChI=1S/C20H21NO4/c1-2-24-20(23)18-11-12-21(19(18)22)14-15-7-6-10-17(13-15)25-16-8-4-3-5-9-16/h3-10,13,18H,2,11-12,14H2,1H3. The fourth-order valence-electron chi connectivity index (χ4n) is 2.91. The summed E-state index contributed by atoms with van der Waals surface area (Å²) in [5, 5.41) is 0. The third-order valence-electron chi connectivity index (χ3n) is 4.12. The van der Waals surface area contributed by atoms with E-state index in [4.69, 9.17) is 9.47 Å². The molecule has 2 aromatic carbocycles. The molecule has 0 spiro atoms. The number of amides is 1. The number of ether oxygens (including phenoxy) is 2. The molecule has 0 bridgehead atoms. The minimum Gasteiger partial charge on any atom is -0.465 e. The van der Waals surface area contributed by atoms with Crippen LogP contribution in [0.15, 0.2) is 54.6 Å². The first-order chi connectivity index (χ1) is 12.2. The van der Waals surface area contributed by atoms with Gasteiger partial charge in [-0.3, -0.25) is 9.59 Å². The second-order valence-electron chi connectivity index (χ2n) is 5.92. The van der Waals surface area contributed by atoms with Crippen LogP contribution in [0.5, 0.6) is 11.5 Å². The van der Waals surface area contributed by atoms with Crippen LogP contribution in [0.3, 0.4) is 0 Å². The third-order valence-corrected chi connectivity index (χ3v) is 4.12. The van der Waals surface area contributed by atoms with Crippen molar-refractivity contribution in [3.63, 3.8) is 0 Å². The van der Waals surface area contributed by atoms with Crippen LogP contribution in [0.1, 0.15) is 18.9 Å². The van der Waals surface area contributed by atoms with Crippen LogP contribution in [0.4, 0.5) is 0 Å². The van der Waals surface area contributed by atoms with Crippen molar-refractivity contribution in [1.82, 2.24) is 4.90 Å². The minimum atomic E-state index is -0.663. The van der Waals surface area contributed by atoms with Gasteiger partial charge < -0.3 is 14.4 Å². The van der Waals surface area contributed by atoms with E-state index >= 15 is 0 Å². The Morgan fingerprint density at radius 3 is 2.64 bits per heavy atom. The molecule has 1 aliphatic rings. The van der Waals surface area contributed by atoms with Crippen molar-refractivity contribution in [1.29, 1.82) is 0 Å². The molecule has 2 aromatic rings. The Kier molecular flexibility index (Phi) is 5.33. The van der Waals surface area contributed by atoms with E-state index in [0.717, 1.165) is 17.1 Å². The van der Waals surface area contributed by atoms with Crippen LogP contribution >= 0.6 is 0 Å². The molecule has 1 amide bonds. The average Bonchev–Trinajstić information content (AvgIpc) is 2.97. The molecule has 0 aromatic heterocycles. The van der Waals surface area contributed by atoms with Crippen LogP contribution in [-0.2, 0) is 20.9 Å². The van der Waals surface area contributed by atoms with Crippen molar-refractivity contribution < 1.29 is 19.1 Å². The fraction of sp³-hybridized carbons (Fsp3) is 0.300. The van der Waals surface area contributed by atoms with Crippen molar-refractivity contribution in [3.05, 3.63) is 60.2 Å². The Hall–Kier alpha value is -2.82. The number of carbonyl (C=O) groups excluding carboxylic acids is 2. The molecule has 130 valence electrons. The van der Waals surface area contributed by atoms with Gasteiger partial charge in [0.2, 0.25) is 5.91 Å². The maximum atomic E-state index is 12.4. The SMILES string of the molecule is CCOC(=O)C1CCN(Cc2cccc(Oc3ccccc3)c2)C1=O. The molecule has 0 saturated carbocycles. The number of carbonyl (C=O) groups is 2. The molecule has 1 atom stereocenters. The molecule has 1 heterocycles. The molecule has 1 fully saturated rings. The molecule has 1 aliphatic heterocycles. The van der Waals surface area contributed by atoms with Crippen molar-refractivity contribution in [3.8, 4) is 11.5 Å². The lowest BCUT2D eigenvalue weighted by atomic mass is 10.1. The van der Waals surface area contributed by atoms with Gasteiger partial charge >= 0.3 is 5.97 Å². The Bertz CT molecular complexity index is 744. The first-order valence-electron chi connectivity index (χ1n) is 8.44. The van der Waals surface area contributed by atoms with Gasteiger partial charge in [-0.1, -0.05) is 30.3 Å². The number of nitrogens with zero attached hydrogens (tertiary/aromatic N) is 1. The topological polar surface area (TPSA) is 55.8 Å². The zero-order valence-corrected chi connectivity index (χ0v) is 14.2. The predicted octanol–water partition coefficient (Wildman–Crippen LogP) is 3.39. The van der Waals surface area contributed by atoms with Gasteiger partial charge in [0.1, 0.15) is 17.4 Å². The third kappa shape index (κ3) is 4.18. The largest absolute Gasteiger partial charge is 0.465 e. The van der Waals surface area contributed by atoms with E-state index in [2.05, 4.69) is 0 Å². The first-order valence-corrected chi connectivity index (χ1v) is 8.44. The molecule has 5 heteroatoms. The summed E-state index contributed by atoms with van der Waals surface area (Å²) < 4.78 is 10.8. The Morgan fingerprint density at radius 1 is 1.12 bits per heavy atom. The molecular weight excluding hydrogens is 318 g/mol. The molecule has 0 N–H and O–H groups in total. The molecule has 0 aliphatic carbocycles. The zero-order chi connectivity index (χ0) is 17.6. The maximum Gasteiger partial charge on any atom is 0.318 e. The summed E-state index contributed by atoms with van der Waals surface area (Å²) >= 11 is 0. The number of esters is 1. The molecule has 0 radical (unpaired) electrons. The van der Waals surface area contributed by atoms with E-state index in [1.807, 2.05) is 54.6 Å². The van der Waals surface area contributed by atoms with Crippen molar-refractivity contribution in [2.75, 3.05) is 13.2 Å². The Labute approximate surface area is 147 Å². The summed E-state index contributed by atoms with van der Waals surface area (Å²) in [6, 6.07) is 17.2. The van der Waals surface area contributed by atoms with Crippen molar-refractivity contribution in [2.45, 2.75) is 19.9 Å². The van der Waals surface area contributed by atoms with Crippen molar-refractivity contribution >= 4 is 11.9 Å². The van der Waals surface area contributed by atoms with Gasteiger partial charge in [-0.25, -0.2) is 0 Å². The van der Waals surface area contributed by atoms with Gasteiger partial charge in [0.15, 0.2) is 0 Å². The van der Waals surface area contributed by atoms with Gasteiger partial charge in [-0.05, 0) is 43.2 Å². The van der Waals surface area contributed by atoms with E-state index in [1.54, 1.807) is 11.8 Å². The van der Waals surface area contributed by atoms with Gasteiger partial charge in [-0.2, -0.15) is 0 Å². The van der Waals surface area contributed by atoms with Gasteiger partial charge in [0.25, 0.3) is 0 Å². The summed E-state index contributed by atoms with van der Waals surface area (Å²) in [5.41, 5.74) is 0.964. The van der Waals surface area contributed by atoms with Crippen LogP contribution in [0, 0.1) is 5.92 Å². The number of hydrogen-bond donors (Lipinski definition) is 0. The normalized spacial score (nSPS) is 16.8. The van der Waals surface area contributed by atoms with Crippen molar-refractivity contribution in [2.24, 2.45) is 5.92 Å². The number of likely N-dealkylation sites (tertiary alicyclic amines) is 1. The first kappa shape index (κ1) is 17.0. The summed E-state index contributed by atoms with van der Waals surface area (Å²) in [7, 11) is 0. The fourth-order valence-corrected chi connectivity index (χ4v) is 2.91.